The highest BCUT2D eigenvalue weighted by Crippen LogP contribution is 2.44. The molecule has 3 rings (SSSR count). The number of hydrogen-bond acceptors (Lipinski definition) is 3. The molecular formula is C14H15FN2O. The minimum absolute atomic E-state index is 0.184. The summed E-state index contributed by atoms with van der Waals surface area (Å²) in [6.45, 7) is 1.72. The lowest BCUT2D eigenvalue weighted by molar-refractivity contribution is -0.128. The van der Waals surface area contributed by atoms with Crippen molar-refractivity contribution < 1.29 is 9.18 Å². The summed E-state index contributed by atoms with van der Waals surface area (Å²) in [5.74, 6) is 0. The maximum atomic E-state index is 12.8. The van der Waals surface area contributed by atoms with Crippen molar-refractivity contribution in [3.63, 3.8) is 0 Å². The van der Waals surface area contributed by atoms with Crippen LogP contribution < -0.4 is 5.32 Å². The van der Waals surface area contributed by atoms with Crippen molar-refractivity contribution in [2.24, 2.45) is 4.99 Å². The second kappa shape index (κ2) is 4.28. The van der Waals surface area contributed by atoms with E-state index in [0.717, 1.165) is 37.2 Å². The van der Waals surface area contributed by atoms with Gasteiger partial charge in [-0.05, 0) is 31.0 Å². The number of para-hydroxylation sites is 1. The highest BCUT2D eigenvalue weighted by molar-refractivity contribution is 6.09. The fraction of sp³-hybridized carbons (Fsp3) is 0.429. The Morgan fingerprint density at radius 2 is 2.28 bits per heavy atom. The average Bonchev–Trinajstić information content (AvgIpc) is 2.65. The third-order valence-corrected chi connectivity index (χ3v) is 3.92. The Morgan fingerprint density at radius 1 is 1.44 bits per heavy atom. The molecule has 0 saturated carbocycles. The minimum atomic E-state index is -1.30. The lowest BCUT2D eigenvalue weighted by atomic mass is 9.71. The molecular weight excluding hydrogens is 231 g/mol. The zero-order valence-corrected chi connectivity index (χ0v) is 10.1. The van der Waals surface area contributed by atoms with Crippen molar-refractivity contribution in [2.75, 3.05) is 13.1 Å². The third-order valence-electron chi connectivity index (χ3n) is 3.92. The number of fused-ring (bicyclic) bond motifs is 2. The van der Waals surface area contributed by atoms with E-state index in [1.807, 2.05) is 24.3 Å². The first-order chi connectivity index (χ1) is 8.72. The second-order valence-electron chi connectivity index (χ2n) is 4.97. The molecule has 1 aromatic carbocycles. The van der Waals surface area contributed by atoms with Crippen LogP contribution in [0.1, 0.15) is 24.8 Å². The van der Waals surface area contributed by atoms with Gasteiger partial charge in [0.15, 0.2) is 0 Å². The maximum Gasteiger partial charge on any atom is 0.307 e. The van der Waals surface area contributed by atoms with E-state index >= 15 is 0 Å². The zero-order valence-electron chi connectivity index (χ0n) is 10.1. The van der Waals surface area contributed by atoms with Crippen LogP contribution in [0.25, 0.3) is 0 Å². The monoisotopic (exact) mass is 246 g/mol. The molecule has 3 nitrogen and oxygen atoms in total. The molecule has 0 radical (unpaired) electrons. The summed E-state index contributed by atoms with van der Waals surface area (Å²) >= 11 is 0. The Labute approximate surface area is 105 Å². The fourth-order valence-corrected chi connectivity index (χ4v) is 3.11. The first-order valence-corrected chi connectivity index (χ1v) is 6.29. The quantitative estimate of drug-likeness (QED) is 0.813. The largest absolute Gasteiger partial charge is 0.315 e. The molecule has 0 bridgehead atoms. The smallest absolute Gasteiger partial charge is 0.307 e. The average molecular weight is 246 g/mol. The van der Waals surface area contributed by atoms with Gasteiger partial charge in [-0.3, -0.25) is 9.79 Å². The van der Waals surface area contributed by atoms with E-state index in [0.29, 0.717) is 5.71 Å². The molecule has 1 spiro atoms. The molecule has 1 saturated heterocycles. The molecule has 1 unspecified atom stereocenters. The van der Waals surface area contributed by atoms with Gasteiger partial charge in [0.1, 0.15) is 0 Å². The van der Waals surface area contributed by atoms with Gasteiger partial charge >= 0.3 is 6.04 Å². The number of carbonyl (C=O) groups is 1. The van der Waals surface area contributed by atoms with Gasteiger partial charge in [0, 0.05) is 17.7 Å². The van der Waals surface area contributed by atoms with Crippen molar-refractivity contribution >= 4 is 17.4 Å². The van der Waals surface area contributed by atoms with E-state index in [-0.39, 0.29) is 11.8 Å². The van der Waals surface area contributed by atoms with Crippen molar-refractivity contribution in [3.05, 3.63) is 29.8 Å². The molecule has 1 fully saturated rings. The van der Waals surface area contributed by atoms with Gasteiger partial charge < -0.3 is 5.32 Å². The topological polar surface area (TPSA) is 41.5 Å². The second-order valence-corrected chi connectivity index (χ2v) is 4.97. The Morgan fingerprint density at radius 3 is 3.00 bits per heavy atom. The summed E-state index contributed by atoms with van der Waals surface area (Å²) in [5, 5.41) is 3.35. The number of nitrogens with one attached hydrogen (secondary N) is 1. The van der Waals surface area contributed by atoms with Crippen molar-refractivity contribution in [1.29, 1.82) is 0 Å². The van der Waals surface area contributed by atoms with Gasteiger partial charge in [-0.1, -0.05) is 18.2 Å². The normalized spacial score (nSPS) is 25.9. The summed E-state index contributed by atoms with van der Waals surface area (Å²) < 4.78 is 12.8. The van der Waals surface area contributed by atoms with Crippen LogP contribution in [0.15, 0.2) is 29.3 Å². The summed E-state index contributed by atoms with van der Waals surface area (Å²) in [6, 6.07) is 6.58. The Hall–Kier alpha value is -1.55. The van der Waals surface area contributed by atoms with Crippen LogP contribution in [0.2, 0.25) is 0 Å². The van der Waals surface area contributed by atoms with Gasteiger partial charge in [0.05, 0.1) is 12.1 Å². The van der Waals surface area contributed by atoms with Gasteiger partial charge in [0.2, 0.25) is 0 Å². The number of hydrogen-bond donors (Lipinski definition) is 1. The van der Waals surface area contributed by atoms with Crippen molar-refractivity contribution in [2.45, 2.75) is 24.7 Å². The molecule has 0 aromatic heterocycles. The van der Waals surface area contributed by atoms with Crippen LogP contribution in [0.3, 0.4) is 0 Å². The van der Waals surface area contributed by atoms with Crippen LogP contribution in [0, 0.1) is 0 Å². The van der Waals surface area contributed by atoms with Crippen molar-refractivity contribution in [3.8, 4) is 0 Å². The lowest BCUT2D eigenvalue weighted by Crippen LogP contribution is -2.47. The number of benzene rings is 1. The van der Waals surface area contributed by atoms with E-state index in [1.165, 1.54) is 0 Å². The van der Waals surface area contributed by atoms with Crippen LogP contribution in [0.4, 0.5) is 10.1 Å². The third kappa shape index (κ3) is 1.68. The molecule has 0 amide bonds. The minimum Gasteiger partial charge on any atom is -0.315 e. The van der Waals surface area contributed by atoms with Crippen LogP contribution in [-0.2, 0) is 10.2 Å². The maximum absolute atomic E-state index is 12.8. The Kier molecular flexibility index (Phi) is 2.74. The van der Waals surface area contributed by atoms with Gasteiger partial charge in [-0.2, -0.15) is 4.39 Å². The molecule has 2 heterocycles. The van der Waals surface area contributed by atoms with E-state index < -0.39 is 6.04 Å². The van der Waals surface area contributed by atoms with Crippen LogP contribution in [-0.4, -0.2) is 24.8 Å². The lowest BCUT2D eigenvalue weighted by Gasteiger charge is -2.36. The SMILES string of the molecule is O=C(F)CC1=Nc2ccccc2C12CCCNC2. The first-order valence-electron chi connectivity index (χ1n) is 6.29. The van der Waals surface area contributed by atoms with Gasteiger partial charge in [-0.25, -0.2) is 0 Å². The first kappa shape index (κ1) is 11.5. The molecule has 4 heteroatoms. The van der Waals surface area contributed by atoms with Gasteiger partial charge in [0.25, 0.3) is 0 Å². The molecule has 1 N–H and O–H groups in total. The molecule has 94 valence electrons. The zero-order chi connectivity index (χ0) is 12.6. The number of aliphatic imine (C=N–C) groups is 1. The molecule has 0 aliphatic carbocycles. The molecule has 1 aromatic rings. The highest BCUT2D eigenvalue weighted by Gasteiger charge is 2.44. The van der Waals surface area contributed by atoms with Crippen LogP contribution >= 0.6 is 0 Å². The van der Waals surface area contributed by atoms with E-state index in [4.69, 9.17) is 0 Å². The fourth-order valence-electron chi connectivity index (χ4n) is 3.11. The number of rotatable bonds is 2. The number of piperidine rings is 1. The standard InChI is InChI=1S/C14H15FN2O/c15-13(18)8-12-14(6-3-7-16-9-14)10-4-1-2-5-11(10)17-12/h1-2,4-5,16H,3,6-9H2. The Bertz CT molecular complexity index is 518. The van der Waals surface area contributed by atoms with E-state index in [2.05, 4.69) is 10.3 Å². The van der Waals surface area contributed by atoms with Crippen LogP contribution in [0.5, 0.6) is 0 Å². The number of nitrogens with zero attached hydrogens (tertiary/aromatic N) is 1. The van der Waals surface area contributed by atoms with E-state index in [9.17, 15) is 9.18 Å². The van der Waals surface area contributed by atoms with Crippen molar-refractivity contribution in [1.82, 2.24) is 5.32 Å². The summed E-state index contributed by atoms with van der Waals surface area (Å²) in [4.78, 5) is 15.3. The summed E-state index contributed by atoms with van der Waals surface area (Å²) in [6.07, 6.45) is 1.77. The summed E-state index contributed by atoms with van der Waals surface area (Å²) in [7, 11) is 0. The Balaban J connectivity index is 2.06. The molecule has 2 aliphatic heterocycles. The number of halogens is 1. The predicted molar refractivity (Wildman–Crippen MR) is 68.1 cm³/mol. The molecule has 1 atom stereocenters. The number of carbonyl (C=O) groups excluding carboxylic acids is 1. The highest BCUT2D eigenvalue weighted by atomic mass is 19.1. The predicted octanol–water partition coefficient (Wildman–Crippen LogP) is 2.28. The summed E-state index contributed by atoms with van der Waals surface area (Å²) in [5.41, 5.74) is 2.44. The van der Waals surface area contributed by atoms with E-state index in [1.54, 1.807) is 0 Å². The molecule has 2 aliphatic rings. The molecule has 18 heavy (non-hydrogen) atoms. The van der Waals surface area contributed by atoms with Gasteiger partial charge in [-0.15, -0.1) is 0 Å².